The van der Waals surface area contributed by atoms with E-state index in [1.807, 2.05) is 0 Å². The summed E-state index contributed by atoms with van der Waals surface area (Å²) in [6.07, 6.45) is 38.3. The maximum atomic E-state index is 11.2. The molecule has 0 spiro atoms. The van der Waals surface area contributed by atoms with Gasteiger partial charge < -0.3 is 33.2 Å². The van der Waals surface area contributed by atoms with E-state index in [9.17, 15) is 4.79 Å². The van der Waals surface area contributed by atoms with Crippen LogP contribution in [-0.2, 0) is 9.53 Å². The molecule has 0 saturated heterocycles. The van der Waals surface area contributed by atoms with E-state index in [-0.39, 0.29) is 5.97 Å². The van der Waals surface area contributed by atoms with Crippen LogP contribution in [0, 0.1) is 0 Å². The first-order chi connectivity index (χ1) is 36.0. The number of carbonyl (C=O) groups is 1. The summed E-state index contributed by atoms with van der Waals surface area (Å²) in [5, 5.41) is 6.65. The largest absolute Gasteiger partial charge is 0.490 e. The predicted molar refractivity (Wildman–Crippen MR) is 309 cm³/mol. The van der Waals surface area contributed by atoms with Crippen LogP contribution in [0.25, 0.3) is 32.3 Å². The van der Waals surface area contributed by atoms with Crippen molar-refractivity contribution in [2.24, 2.45) is 0 Å². The molecular formula is C65H102O8. The lowest BCUT2D eigenvalue weighted by atomic mass is 9.93. The Morgan fingerprint density at radius 1 is 0.301 bits per heavy atom. The highest BCUT2D eigenvalue weighted by molar-refractivity contribution is 6.26. The first-order valence-corrected chi connectivity index (χ1v) is 30.1. The molecule has 4 aromatic rings. The average molecular weight is 1010 g/mol. The van der Waals surface area contributed by atoms with Gasteiger partial charge in [0.25, 0.3) is 0 Å². The minimum absolute atomic E-state index is 0.324. The number of carbonyl (C=O) groups excluding carboxylic acids is 1. The van der Waals surface area contributed by atoms with Gasteiger partial charge in [0.1, 0.15) is 0 Å². The number of hydrogen-bond donors (Lipinski definition) is 0. The summed E-state index contributed by atoms with van der Waals surface area (Å²) in [6, 6.07) is 13.4. The van der Waals surface area contributed by atoms with Gasteiger partial charge in [0, 0.05) is 6.08 Å². The van der Waals surface area contributed by atoms with Crippen molar-refractivity contribution in [2.75, 3.05) is 46.2 Å². The molecule has 73 heavy (non-hydrogen) atoms. The van der Waals surface area contributed by atoms with Gasteiger partial charge >= 0.3 is 5.97 Å². The molecule has 0 bridgehead atoms. The van der Waals surface area contributed by atoms with Gasteiger partial charge in [-0.2, -0.15) is 0 Å². The fourth-order valence-corrected chi connectivity index (χ4v) is 9.63. The van der Waals surface area contributed by atoms with Crippen molar-refractivity contribution in [3.63, 3.8) is 0 Å². The highest BCUT2D eigenvalue weighted by atomic mass is 16.5. The Morgan fingerprint density at radius 2 is 0.479 bits per heavy atom. The van der Waals surface area contributed by atoms with Crippen LogP contribution in [0.1, 0.15) is 240 Å². The molecule has 4 aromatic carbocycles. The van der Waals surface area contributed by atoms with Crippen LogP contribution in [0.4, 0.5) is 0 Å². The molecule has 0 aliphatic carbocycles. The monoisotopic (exact) mass is 1010 g/mol. The predicted octanol–water partition coefficient (Wildman–Crippen LogP) is 19.7. The van der Waals surface area contributed by atoms with Crippen molar-refractivity contribution in [3.8, 4) is 34.5 Å². The Bertz CT molecular complexity index is 2040. The number of fused-ring (bicyclic) bond motifs is 6. The first kappa shape index (κ1) is 61.2. The Morgan fingerprint density at radius 3 is 0.671 bits per heavy atom. The Labute approximate surface area is 444 Å². The molecule has 0 radical (unpaired) electrons. The molecule has 0 fully saturated rings. The van der Waals surface area contributed by atoms with E-state index in [0.29, 0.717) is 46.2 Å². The second-order valence-corrected chi connectivity index (χ2v) is 20.5. The minimum Gasteiger partial charge on any atom is -0.490 e. The average Bonchev–Trinajstić information content (AvgIpc) is 3.40. The van der Waals surface area contributed by atoms with Crippen LogP contribution in [0.2, 0.25) is 0 Å². The summed E-state index contributed by atoms with van der Waals surface area (Å²) in [6.45, 7) is 19.1. The summed E-state index contributed by atoms with van der Waals surface area (Å²) >= 11 is 0. The van der Waals surface area contributed by atoms with E-state index in [0.717, 1.165) is 157 Å². The second kappa shape index (κ2) is 39.1. The molecule has 4 rings (SSSR count). The lowest BCUT2D eigenvalue weighted by Gasteiger charge is -2.21. The maximum Gasteiger partial charge on any atom is 0.330 e. The smallest absolute Gasteiger partial charge is 0.330 e. The van der Waals surface area contributed by atoms with Crippen LogP contribution >= 0.6 is 0 Å². The molecule has 0 aliphatic heterocycles. The van der Waals surface area contributed by atoms with Crippen molar-refractivity contribution in [3.05, 3.63) is 49.1 Å². The van der Waals surface area contributed by atoms with Gasteiger partial charge in [0.2, 0.25) is 0 Å². The van der Waals surface area contributed by atoms with E-state index < -0.39 is 0 Å². The van der Waals surface area contributed by atoms with Gasteiger partial charge in [0.05, 0.1) is 46.2 Å². The highest BCUT2D eigenvalue weighted by Crippen LogP contribution is 2.47. The molecule has 8 heteroatoms. The fourth-order valence-electron chi connectivity index (χ4n) is 9.63. The van der Waals surface area contributed by atoms with Gasteiger partial charge in [0.15, 0.2) is 34.5 Å². The number of esters is 1. The molecule has 0 saturated carbocycles. The van der Waals surface area contributed by atoms with Crippen LogP contribution in [-0.4, -0.2) is 52.2 Å². The van der Waals surface area contributed by atoms with Gasteiger partial charge in [-0.15, -0.1) is 0 Å². The maximum absolute atomic E-state index is 11.2. The molecule has 0 aliphatic rings. The highest BCUT2D eigenvalue weighted by Gasteiger charge is 2.21. The molecule has 0 unspecified atom stereocenters. The van der Waals surface area contributed by atoms with E-state index in [1.54, 1.807) is 0 Å². The fraction of sp³-hybridized carbons (Fsp3) is 0.677. The number of unbranched alkanes of at least 4 members (excludes halogenated alkanes) is 26. The SMILES string of the molecule is C=CC(=O)OCCCCCCCCCCCCCCOc1cc2c3cc(OCCCCCC)c(OCCCCCC)cc3c3cc(OCCCCCC)c(OCCCCCC)cc3c2cc1OCCCCCC. The van der Waals surface area contributed by atoms with E-state index in [2.05, 4.69) is 77.6 Å². The number of hydrogen-bond acceptors (Lipinski definition) is 8. The molecule has 0 aromatic heterocycles. The van der Waals surface area contributed by atoms with E-state index in [4.69, 9.17) is 33.2 Å². The minimum atomic E-state index is -0.324. The number of ether oxygens (including phenoxy) is 7. The summed E-state index contributed by atoms with van der Waals surface area (Å²) in [4.78, 5) is 11.2. The zero-order valence-corrected chi connectivity index (χ0v) is 47.1. The van der Waals surface area contributed by atoms with Crippen LogP contribution in [0.15, 0.2) is 49.1 Å². The third-order valence-electron chi connectivity index (χ3n) is 14.1. The normalized spacial score (nSPS) is 11.4. The van der Waals surface area contributed by atoms with Gasteiger partial charge in [-0.25, -0.2) is 4.79 Å². The first-order valence-electron chi connectivity index (χ1n) is 30.1. The number of benzene rings is 4. The third kappa shape index (κ3) is 23.4. The van der Waals surface area contributed by atoms with Crippen LogP contribution in [0.5, 0.6) is 34.5 Å². The molecule has 8 nitrogen and oxygen atoms in total. The molecule has 0 atom stereocenters. The third-order valence-corrected chi connectivity index (χ3v) is 14.1. The summed E-state index contributed by atoms with van der Waals surface area (Å²) < 4.78 is 45.4. The Hall–Kier alpha value is -4.33. The zero-order chi connectivity index (χ0) is 52.0. The summed E-state index contributed by atoms with van der Waals surface area (Å²) in [5.74, 6) is 4.51. The molecule has 410 valence electrons. The quantitative estimate of drug-likeness (QED) is 0.0187. The lowest BCUT2D eigenvalue weighted by Crippen LogP contribution is -2.05. The van der Waals surface area contributed by atoms with Crippen molar-refractivity contribution in [1.29, 1.82) is 0 Å². The van der Waals surface area contributed by atoms with Gasteiger partial charge in [-0.3, -0.25) is 0 Å². The Balaban J connectivity index is 1.67. The van der Waals surface area contributed by atoms with Crippen molar-refractivity contribution in [1.82, 2.24) is 0 Å². The van der Waals surface area contributed by atoms with E-state index >= 15 is 0 Å². The summed E-state index contributed by atoms with van der Waals surface area (Å²) in [5.41, 5.74) is 0. The standard InChI is InChI=1S/C65H102O8/c1-7-13-18-33-40-67-59-47-53-54-48-60(68-41-34-19-14-8-2)62(70-43-36-21-16-10-4)50-56(54)58-52-64(72-45-38-31-29-27-25-23-24-26-28-30-32-39-46-73-65(66)12-6)63(71-44-37-22-17-11-5)51-57(58)55(53)49-61(59)69-42-35-20-15-9-3/h12,47-52H,6-11,13-46H2,1-5H3. The van der Waals surface area contributed by atoms with Crippen molar-refractivity contribution >= 4 is 38.3 Å². The molecular weight excluding hydrogens is 909 g/mol. The van der Waals surface area contributed by atoms with Crippen LogP contribution in [0.3, 0.4) is 0 Å². The van der Waals surface area contributed by atoms with E-state index in [1.165, 1.54) is 122 Å². The van der Waals surface area contributed by atoms with Crippen molar-refractivity contribution in [2.45, 2.75) is 240 Å². The zero-order valence-electron chi connectivity index (χ0n) is 47.1. The summed E-state index contributed by atoms with van der Waals surface area (Å²) in [7, 11) is 0. The van der Waals surface area contributed by atoms with Crippen molar-refractivity contribution < 1.29 is 38.0 Å². The molecule has 0 amide bonds. The molecule has 0 heterocycles. The van der Waals surface area contributed by atoms with Gasteiger partial charge in [-0.1, -0.05) is 202 Å². The van der Waals surface area contributed by atoms with Gasteiger partial charge in [-0.05, 0) is 114 Å². The molecule has 0 N–H and O–H groups in total. The second-order valence-electron chi connectivity index (χ2n) is 20.5. The lowest BCUT2D eigenvalue weighted by molar-refractivity contribution is -0.137. The number of rotatable bonds is 47. The Kier molecular flexibility index (Phi) is 32.8. The topological polar surface area (TPSA) is 81.7 Å². The van der Waals surface area contributed by atoms with Crippen LogP contribution < -0.4 is 28.4 Å².